The van der Waals surface area contributed by atoms with Gasteiger partial charge in [-0.25, -0.2) is 4.79 Å². The van der Waals surface area contributed by atoms with Crippen LogP contribution in [0.4, 0.5) is 10.5 Å². The number of rotatable bonds is 6. The molecule has 106 valence electrons. The molecule has 1 rings (SSSR count). The molecule has 0 saturated carbocycles. The summed E-state index contributed by atoms with van der Waals surface area (Å²) < 4.78 is 0. The van der Waals surface area contributed by atoms with Crippen LogP contribution in [0, 0.1) is 0 Å². The van der Waals surface area contributed by atoms with Crippen molar-refractivity contribution in [3.05, 3.63) is 28.2 Å². The van der Waals surface area contributed by atoms with Crippen molar-refractivity contribution in [2.75, 3.05) is 11.4 Å². The fraction of sp³-hybridized carbons (Fsp3) is 0.462. The number of carbonyl (C=O) groups is 1. The van der Waals surface area contributed by atoms with Gasteiger partial charge in [-0.05, 0) is 18.6 Å². The average molecular weight is 306 g/mol. The highest BCUT2D eigenvalue weighted by Crippen LogP contribution is 2.33. The summed E-state index contributed by atoms with van der Waals surface area (Å²) in [6.45, 7) is 1.96. The number of benzene rings is 1. The molecule has 0 saturated heterocycles. The number of aliphatic hydroxyl groups excluding tert-OH is 1. The molecule has 0 radical (unpaired) electrons. The largest absolute Gasteiger partial charge is 0.465 e. The van der Waals surface area contributed by atoms with Crippen LogP contribution in [-0.4, -0.2) is 29.0 Å². The minimum atomic E-state index is -1.19. The Bertz CT molecular complexity index is 420. The van der Waals surface area contributed by atoms with Crippen LogP contribution in [-0.2, 0) is 0 Å². The molecule has 0 aromatic heterocycles. The van der Waals surface area contributed by atoms with Crippen LogP contribution in [0.15, 0.2) is 18.2 Å². The Morgan fingerprint density at radius 1 is 1.37 bits per heavy atom. The Morgan fingerprint density at radius 3 is 2.42 bits per heavy atom. The summed E-state index contributed by atoms with van der Waals surface area (Å²) >= 11 is 12.0. The summed E-state index contributed by atoms with van der Waals surface area (Å²) in [5.74, 6) is 0. The van der Waals surface area contributed by atoms with E-state index in [1.54, 1.807) is 18.2 Å². The van der Waals surface area contributed by atoms with E-state index < -0.39 is 12.2 Å². The van der Waals surface area contributed by atoms with Crippen LogP contribution in [0.1, 0.15) is 26.2 Å². The van der Waals surface area contributed by atoms with Gasteiger partial charge in [0.25, 0.3) is 0 Å². The van der Waals surface area contributed by atoms with Crippen molar-refractivity contribution in [3.8, 4) is 0 Å². The van der Waals surface area contributed by atoms with Crippen molar-refractivity contribution >= 4 is 35.0 Å². The second-order valence-electron chi connectivity index (χ2n) is 4.26. The number of aliphatic hydroxyl groups is 1. The molecule has 4 nitrogen and oxygen atoms in total. The molecule has 1 amide bonds. The van der Waals surface area contributed by atoms with Crippen molar-refractivity contribution < 1.29 is 15.0 Å². The molecule has 0 unspecified atom stereocenters. The third-order valence-electron chi connectivity index (χ3n) is 2.72. The van der Waals surface area contributed by atoms with E-state index in [0.717, 1.165) is 17.7 Å². The molecular weight excluding hydrogens is 289 g/mol. The zero-order chi connectivity index (χ0) is 14.4. The molecule has 0 aliphatic carbocycles. The van der Waals surface area contributed by atoms with Gasteiger partial charge in [-0.1, -0.05) is 49.0 Å². The Kier molecular flexibility index (Phi) is 6.42. The lowest BCUT2D eigenvalue weighted by Crippen LogP contribution is -2.37. The van der Waals surface area contributed by atoms with Crippen LogP contribution in [0.25, 0.3) is 0 Å². The Morgan fingerprint density at radius 2 is 1.95 bits per heavy atom. The first-order chi connectivity index (χ1) is 8.97. The van der Waals surface area contributed by atoms with Crippen LogP contribution in [0.5, 0.6) is 0 Å². The predicted octanol–water partition coefficient (Wildman–Crippen LogP) is 4.03. The van der Waals surface area contributed by atoms with E-state index in [9.17, 15) is 15.0 Å². The van der Waals surface area contributed by atoms with Crippen molar-refractivity contribution in [3.63, 3.8) is 0 Å². The molecule has 0 spiro atoms. The predicted molar refractivity (Wildman–Crippen MR) is 77.4 cm³/mol. The Hall–Kier alpha value is -0.970. The molecule has 0 bridgehead atoms. The summed E-state index contributed by atoms with van der Waals surface area (Å²) in [4.78, 5) is 12.3. The van der Waals surface area contributed by atoms with Gasteiger partial charge in [-0.2, -0.15) is 0 Å². The second-order valence-corrected chi connectivity index (χ2v) is 5.07. The summed E-state index contributed by atoms with van der Waals surface area (Å²) in [7, 11) is 0. The highest BCUT2D eigenvalue weighted by molar-refractivity contribution is 6.39. The molecular formula is C13H17Cl2NO3. The van der Waals surface area contributed by atoms with Crippen molar-refractivity contribution in [1.82, 2.24) is 0 Å². The van der Waals surface area contributed by atoms with E-state index in [2.05, 4.69) is 0 Å². The van der Waals surface area contributed by atoms with Gasteiger partial charge >= 0.3 is 6.09 Å². The quantitative estimate of drug-likeness (QED) is 0.834. The lowest BCUT2D eigenvalue weighted by Gasteiger charge is -2.24. The number of carboxylic acid groups (broad SMARTS) is 1. The van der Waals surface area contributed by atoms with E-state index in [1.807, 2.05) is 6.92 Å². The van der Waals surface area contributed by atoms with Gasteiger partial charge in [0.1, 0.15) is 0 Å². The molecule has 0 fully saturated rings. The van der Waals surface area contributed by atoms with Gasteiger partial charge in [0.15, 0.2) is 0 Å². The van der Waals surface area contributed by atoms with Gasteiger partial charge in [0.05, 0.1) is 28.4 Å². The normalized spacial score (nSPS) is 12.2. The Labute approximate surface area is 122 Å². The van der Waals surface area contributed by atoms with Crippen LogP contribution in [0.2, 0.25) is 10.0 Å². The fourth-order valence-corrected chi connectivity index (χ4v) is 2.36. The minimum absolute atomic E-state index is 0.0429. The van der Waals surface area contributed by atoms with E-state index >= 15 is 0 Å². The van der Waals surface area contributed by atoms with Gasteiger partial charge in [0, 0.05) is 0 Å². The molecule has 0 heterocycles. The van der Waals surface area contributed by atoms with Crippen molar-refractivity contribution in [2.45, 2.75) is 32.3 Å². The number of anilines is 1. The maximum Gasteiger partial charge on any atom is 0.411 e. The first kappa shape index (κ1) is 16.1. The number of unbranched alkanes of at least 4 members (excludes halogenated alkanes) is 1. The number of hydrogen-bond acceptors (Lipinski definition) is 2. The maximum absolute atomic E-state index is 11.3. The SMILES string of the molecule is CCCC[C@@H](O)CN(C(=O)O)c1c(Cl)cccc1Cl. The molecule has 1 aromatic carbocycles. The average Bonchev–Trinajstić information content (AvgIpc) is 2.34. The monoisotopic (exact) mass is 305 g/mol. The summed E-state index contributed by atoms with van der Waals surface area (Å²) in [5.41, 5.74) is 0.217. The summed E-state index contributed by atoms with van der Waals surface area (Å²) in [6.07, 6.45) is 0.401. The van der Waals surface area contributed by atoms with E-state index in [1.165, 1.54) is 0 Å². The highest BCUT2D eigenvalue weighted by atomic mass is 35.5. The number of hydrogen-bond donors (Lipinski definition) is 2. The highest BCUT2D eigenvalue weighted by Gasteiger charge is 2.22. The number of para-hydroxylation sites is 1. The molecule has 19 heavy (non-hydrogen) atoms. The number of halogens is 2. The van der Waals surface area contributed by atoms with E-state index in [0.29, 0.717) is 6.42 Å². The zero-order valence-electron chi connectivity index (χ0n) is 10.6. The molecule has 1 atom stereocenters. The van der Waals surface area contributed by atoms with Gasteiger partial charge in [-0.15, -0.1) is 0 Å². The standard InChI is InChI=1S/C13H17Cl2NO3/c1-2-3-5-9(17)8-16(13(18)19)12-10(14)6-4-7-11(12)15/h4,6-7,9,17H,2-3,5,8H2,1H3,(H,18,19)/t9-/m1/s1. The van der Waals surface area contributed by atoms with Gasteiger partial charge in [0.2, 0.25) is 0 Å². The molecule has 2 N–H and O–H groups in total. The molecule has 0 aliphatic rings. The molecule has 1 aromatic rings. The fourth-order valence-electron chi connectivity index (χ4n) is 1.75. The van der Waals surface area contributed by atoms with E-state index in [-0.39, 0.29) is 22.3 Å². The lowest BCUT2D eigenvalue weighted by molar-refractivity contribution is 0.158. The lowest BCUT2D eigenvalue weighted by atomic mass is 10.1. The number of amides is 1. The van der Waals surface area contributed by atoms with Crippen LogP contribution >= 0.6 is 23.2 Å². The van der Waals surface area contributed by atoms with Crippen LogP contribution < -0.4 is 4.90 Å². The third-order valence-corrected chi connectivity index (χ3v) is 3.33. The van der Waals surface area contributed by atoms with Crippen molar-refractivity contribution in [1.29, 1.82) is 0 Å². The minimum Gasteiger partial charge on any atom is -0.465 e. The van der Waals surface area contributed by atoms with E-state index in [4.69, 9.17) is 23.2 Å². The van der Waals surface area contributed by atoms with Gasteiger partial charge < -0.3 is 10.2 Å². The van der Waals surface area contributed by atoms with Crippen molar-refractivity contribution in [2.24, 2.45) is 0 Å². The molecule has 6 heteroatoms. The van der Waals surface area contributed by atoms with Crippen LogP contribution in [0.3, 0.4) is 0 Å². The topological polar surface area (TPSA) is 60.8 Å². The second kappa shape index (κ2) is 7.58. The van der Waals surface area contributed by atoms with Gasteiger partial charge in [-0.3, -0.25) is 4.90 Å². The number of nitrogens with zero attached hydrogens (tertiary/aromatic N) is 1. The Balaban J connectivity index is 2.92. The first-order valence-corrected chi connectivity index (χ1v) is 6.85. The first-order valence-electron chi connectivity index (χ1n) is 6.09. The summed E-state index contributed by atoms with van der Waals surface area (Å²) in [5, 5.41) is 19.6. The zero-order valence-corrected chi connectivity index (χ0v) is 12.2. The maximum atomic E-state index is 11.3. The summed E-state index contributed by atoms with van der Waals surface area (Å²) in [6, 6.07) is 4.77. The molecule has 0 aliphatic heterocycles. The third kappa shape index (κ3) is 4.56. The smallest absolute Gasteiger partial charge is 0.411 e.